The van der Waals surface area contributed by atoms with Crippen molar-refractivity contribution in [3.8, 4) is 0 Å². The van der Waals surface area contributed by atoms with Crippen LogP contribution in [0.5, 0.6) is 0 Å². The molecule has 112 valence electrons. The zero-order chi connectivity index (χ0) is 15.5. The summed E-state index contributed by atoms with van der Waals surface area (Å²) in [5.41, 5.74) is 4.98. The molecule has 0 aromatic heterocycles. The largest absolute Gasteiger partial charge is 0.254 e. The lowest BCUT2D eigenvalue weighted by atomic mass is 9.81. The van der Waals surface area contributed by atoms with Crippen molar-refractivity contribution in [3.63, 3.8) is 0 Å². The Morgan fingerprint density at radius 1 is 1.14 bits per heavy atom. The maximum atomic E-state index is 12.6. The summed E-state index contributed by atoms with van der Waals surface area (Å²) in [7, 11) is -1.00. The van der Waals surface area contributed by atoms with Gasteiger partial charge >= 0.3 is 0 Å². The van der Waals surface area contributed by atoms with Crippen LogP contribution in [0.25, 0.3) is 6.08 Å². The summed E-state index contributed by atoms with van der Waals surface area (Å²) in [4.78, 5) is 0.891. The fourth-order valence-corrected chi connectivity index (χ4v) is 4.17. The van der Waals surface area contributed by atoms with Crippen LogP contribution in [0.2, 0.25) is 0 Å². The van der Waals surface area contributed by atoms with Crippen LogP contribution >= 0.6 is 0 Å². The van der Waals surface area contributed by atoms with Gasteiger partial charge in [-0.15, -0.1) is 0 Å². The van der Waals surface area contributed by atoms with Gasteiger partial charge in [0.2, 0.25) is 0 Å². The van der Waals surface area contributed by atoms with E-state index < -0.39 is 10.8 Å². The van der Waals surface area contributed by atoms with Crippen LogP contribution in [0.3, 0.4) is 0 Å². The molecule has 0 saturated heterocycles. The molecule has 1 aliphatic carbocycles. The number of fused-ring (bicyclic) bond motifs is 1. The van der Waals surface area contributed by atoms with Gasteiger partial charge in [-0.05, 0) is 42.2 Å². The van der Waals surface area contributed by atoms with Crippen LogP contribution in [0.4, 0.5) is 0 Å². The van der Waals surface area contributed by atoms with Gasteiger partial charge in [0, 0.05) is 10.8 Å². The van der Waals surface area contributed by atoms with Gasteiger partial charge in [-0.3, -0.25) is 4.21 Å². The molecule has 0 N–H and O–H groups in total. The van der Waals surface area contributed by atoms with Crippen LogP contribution in [-0.2, 0) is 17.2 Å². The number of hydrogen-bond acceptors (Lipinski definition) is 1. The van der Waals surface area contributed by atoms with Crippen molar-refractivity contribution >= 4 is 16.9 Å². The van der Waals surface area contributed by atoms with E-state index in [0.717, 1.165) is 16.9 Å². The molecular weight excluding hydrogens is 288 g/mol. The van der Waals surface area contributed by atoms with Gasteiger partial charge < -0.3 is 0 Å². The molecule has 2 unspecified atom stereocenters. The lowest BCUT2D eigenvalue weighted by Gasteiger charge is -2.26. The molecule has 1 aliphatic rings. The average Bonchev–Trinajstić information content (AvgIpc) is 2.54. The Bertz CT molecular complexity index is 743. The molecule has 2 heteroatoms. The minimum absolute atomic E-state index is 0.294. The smallest absolute Gasteiger partial charge is 0.0571 e. The highest BCUT2D eigenvalue weighted by atomic mass is 32.2. The molecule has 2 aromatic rings. The first-order chi connectivity index (χ1) is 10.6. The standard InChI is InChI=1S/C20H20OS/c1-15(2)20-13-17-9-7-6-8-16(17)12-18(20)14-22(21)19-10-4-3-5-11-19/h3-12,20H,1,13-14H2,2H3. The van der Waals surface area contributed by atoms with Crippen molar-refractivity contribution < 1.29 is 4.21 Å². The van der Waals surface area contributed by atoms with E-state index in [0.29, 0.717) is 11.7 Å². The van der Waals surface area contributed by atoms with E-state index in [9.17, 15) is 4.21 Å². The third-order valence-electron chi connectivity index (χ3n) is 4.17. The first-order valence-corrected chi connectivity index (χ1v) is 8.84. The summed E-state index contributed by atoms with van der Waals surface area (Å²) in [6.45, 7) is 6.21. The van der Waals surface area contributed by atoms with E-state index in [1.807, 2.05) is 30.3 Å². The molecule has 0 spiro atoms. The molecule has 22 heavy (non-hydrogen) atoms. The lowest BCUT2D eigenvalue weighted by Crippen LogP contribution is -2.18. The van der Waals surface area contributed by atoms with Gasteiger partial charge in [0.05, 0.1) is 16.6 Å². The summed E-state index contributed by atoms with van der Waals surface area (Å²) in [5, 5.41) is 0. The van der Waals surface area contributed by atoms with Gasteiger partial charge in [-0.2, -0.15) is 0 Å². The fraction of sp³-hybridized carbons (Fsp3) is 0.200. The van der Waals surface area contributed by atoms with E-state index >= 15 is 0 Å². The third-order valence-corrected chi connectivity index (χ3v) is 5.56. The Balaban J connectivity index is 1.91. The molecule has 0 saturated carbocycles. The maximum absolute atomic E-state index is 12.6. The Hall–Kier alpha value is -1.93. The highest BCUT2D eigenvalue weighted by molar-refractivity contribution is 7.85. The van der Waals surface area contributed by atoms with E-state index in [4.69, 9.17) is 0 Å². The zero-order valence-electron chi connectivity index (χ0n) is 12.8. The van der Waals surface area contributed by atoms with Crippen molar-refractivity contribution in [1.29, 1.82) is 0 Å². The minimum Gasteiger partial charge on any atom is -0.254 e. The number of hydrogen-bond donors (Lipinski definition) is 0. The minimum atomic E-state index is -1.00. The normalized spacial score (nSPS) is 18.2. The van der Waals surface area contributed by atoms with Crippen molar-refractivity contribution in [2.24, 2.45) is 5.92 Å². The number of rotatable bonds is 4. The Morgan fingerprint density at radius 2 is 1.82 bits per heavy atom. The zero-order valence-corrected chi connectivity index (χ0v) is 13.6. The van der Waals surface area contributed by atoms with E-state index in [2.05, 4.69) is 43.8 Å². The van der Waals surface area contributed by atoms with Crippen LogP contribution < -0.4 is 0 Å². The van der Waals surface area contributed by atoms with E-state index in [-0.39, 0.29) is 0 Å². The average molecular weight is 308 g/mol. The molecule has 2 aromatic carbocycles. The predicted molar refractivity (Wildman–Crippen MR) is 94.1 cm³/mol. The van der Waals surface area contributed by atoms with E-state index in [1.54, 1.807) is 0 Å². The second kappa shape index (κ2) is 6.45. The first kappa shape index (κ1) is 15.0. The Kier molecular flexibility index (Phi) is 4.39. The fourth-order valence-electron chi connectivity index (χ4n) is 2.95. The van der Waals surface area contributed by atoms with Crippen molar-refractivity contribution in [2.45, 2.75) is 18.2 Å². The van der Waals surface area contributed by atoms with Gasteiger partial charge in [0.1, 0.15) is 0 Å². The molecule has 0 fully saturated rings. The summed E-state index contributed by atoms with van der Waals surface area (Å²) in [5.74, 6) is 0.873. The van der Waals surface area contributed by atoms with Gasteiger partial charge in [0.25, 0.3) is 0 Å². The molecule has 1 nitrogen and oxygen atoms in total. The first-order valence-electron chi connectivity index (χ1n) is 7.52. The van der Waals surface area contributed by atoms with Crippen LogP contribution in [0.1, 0.15) is 18.1 Å². The molecule has 0 amide bonds. The molecule has 3 rings (SSSR count). The van der Waals surface area contributed by atoms with Crippen molar-refractivity contribution in [1.82, 2.24) is 0 Å². The highest BCUT2D eigenvalue weighted by Crippen LogP contribution is 2.33. The molecule has 0 heterocycles. The quantitative estimate of drug-likeness (QED) is 0.753. The number of benzene rings is 2. The number of allylic oxidation sites excluding steroid dienone is 1. The molecule has 0 radical (unpaired) electrons. The topological polar surface area (TPSA) is 17.1 Å². The second-order valence-corrected chi connectivity index (χ2v) is 7.28. The predicted octanol–water partition coefficient (Wildman–Crippen LogP) is 4.63. The Morgan fingerprint density at radius 3 is 2.55 bits per heavy atom. The van der Waals surface area contributed by atoms with Crippen LogP contribution in [0.15, 0.2) is 77.2 Å². The van der Waals surface area contributed by atoms with Gasteiger partial charge in [-0.1, -0.05) is 60.7 Å². The maximum Gasteiger partial charge on any atom is 0.0571 e. The Labute approximate surface area is 134 Å². The van der Waals surface area contributed by atoms with Crippen LogP contribution in [-0.4, -0.2) is 9.96 Å². The van der Waals surface area contributed by atoms with Crippen molar-refractivity contribution in [3.05, 3.63) is 83.4 Å². The van der Waals surface area contributed by atoms with Crippen molar-refractivity contribution in [2.75, 3.05) is 5.75 Å². The van der Waals surface area contributed by atoms with Crippen LogP contribution in [0, 0.1) is 5.92 Å². The molecule has 0 aliphatic heterocycles. The highest BCUT2D eigenvalue weighted by Gasteiger charge is 2.23. The summed E-state index contributed by atoms with van der Waals surface area (Å²) in [6, 6.07) is 18.1. The van der Waals surface area contributed by atoms with Gasteiger partial charge in [-0.25, -0.2) is 0 Å². The molecule has 2 atom stereocenters. The second-order valence-electron chi connectivity index (χ2n) is 5.82. The third kappa shape index (κ3) is 3.12. The molecular formula is C20H20OS. The summed E-state index contributed by atoms with van der Waals surface area (Å²) < 4.78 is 12.6. The SMILES string of the molecule is C=C(C)C1Cc2ccccc2C=C1CS(=O)c1ccccc1. The lowest BCUT2D eigenvalue weighted by molar-refractivity contribution is 0.674. The van der Waals surface area contributed by atoms with E-state index in [1.165, 1.54) is 16.7 Å². The van der Waals surface area contributed by atoms with Gasteiger partial charge in [0.15, 0.2) is 0 Å². The monoisotopic (exact) mass is 308 g/mol. The summed E-state index contributed by atoms with van der Waals surface area (Å²) >= 11 is 0. The summed E-state index contributed by atoms with van der Waals surface area (Å²) in [6.07, 6.45) is 3.17. The molecule has 0 bridgehead atoms.